The molecule has 0 aromatic heterocycles. The van der Waals surface area contributed by atoms with Gasteiger partial charge in [0, 0.05) is 24.3 Å². The maximum absolute atomic E-state index is 11.9. The molecule has 0 unspecified atom stereocenters. The van der Waals surface area contributed by atoms with Crippen molar-refractivity contribution in [2.75, 3.05) is 26.4 Å². The predicted molar refractivity (Wildman–Crippen MR) is 221 cm³/mol. The molecule has 0 amide bonds. The summed E-state index contributed by atoms with van der Waals surface area (Å²) in [5, 5.41) is 0. The van der Waals surface area contributed by atoms with Crippen LogP contribution >= 0.6 is 0 Å². The van der Waals surface area contributed by atoms with E-state index in [0.29, 0.717) is 49.9 Å². The van der Waals surface area contributed by atoms with Gasteiger partial charge in [0.2, 0.25) is 0 Å². The Morgan fingerprint density at radius 3 is 0.736 bits per heavy atom. The van der Waals surface area contributed by atoms with Crippen molar-refractivity contribution < 1.29 is 54.6 Å². The number of carbonyl (C=O) groups is 4. The van der Waals surface area contributed by atoms with Crippen molar-refractivity contribution in [2.45, 2.75) is 130 Å². The number of hydrogen-bond acceptors (Lipinski definition) is 12. The number of hydrogen-bond donors (Lipinski definition) is 0. The third-order valence-electron chi connectivity index (χ3n) is 7.49. The van der Waals surface area contributed by atoms with E-state index in [9.17, 15) is 19.2 Å². The van der Waals surface area contributed by atoms with Gasteiger partial charge in [-0.05, 0) is 130 Å². The van der Waals surface area contributed by atoms with E-state index in [0.717, 1.165) is 0 Å². The van der Waals surface area contributed by atoms with Crippen LogP contribution in [0.3, 0.4) is 0 Å². The average molecular weight is 833 g/mol. The van der Waals surface area contributed by atoms with Gasteiger partial charge in [-0.2, -0.15) is 0 Å². The summed E-state index contributed by atoms with van der Waals surface area (Å²) in [4.78, 5) is 47.8. The Morgan fingerprint density at radius 1 is 0.377 bits per heavy atom. The maximum atomic E-state index is 11.9. The van der Waals surface area contributed by atoms with Crippen molar-refractivity contribution in [1.82, 2.24) is 0 Å². The Kier molecular flexibility index (Phi) is 24.7. The van der Waals surface area contributed by atoms with E-state index in [2.05, 4.69) is 52.4 Å². The molecule has 0 heterocycles. The Bertz CT molecular complexity index is 1060. The zero-order valence-corrected chi connectivity index (χ0v) is 39.5. The molecule has 304 valence electrons. The number of ether oxygens (including phenoxy) is 4. The van der Waals surface area contributed by atoms with Crippen LogP contribution in [-0.4, -0.2) is 92.6 Å². The van der Waals surface area contributed by atoms with Crippen molar-refractivity contribution in [2.24, 2.45) is 0 Å². The molecular formula is C36H68O12Si5. The van der Waals surface area contributed by atoms with Gasteiger partial charge in [-0.1, -0.05) is 24.3 Å². The molecule has 0 saturated carbocycles. The first-order valence-corrected chi connectivity index (χ1v) is 32.7. The van der Waals surface area contributed by atoms with Crippen molar-refractivity contribution in [1.29, 1.82) is 0 Å². The summed E-state index contributed by atoms with van der Waals surface area (Å²) < 4.78 is 50.3. The Morgan fingerprint density at radius 2 is 0.566 bits per heavy atom. The highest BCUT2D eigenvalue weighted by molar-refractivity contribution is 6.92. The van der Waals surface area contributed by atoms with E-state index in [4.69, 9.17) is 35.4 Å². The van der Waals surface area contributed by atoms with Crippen molar-refractivity contribution >= 4 is 66.2 Å². The molecule has 0 bridgehead atoms. The molecule has 0 atom stereocenters. The van der Waals surface area contributed by atoms with Gasteiger partial charge >= 0.3 is 32.9 Å². The molecule has 53 heavy (non-hydrogen) atoms. The number of carbonyl (C=O) groups excluding carboxylic acids is 4. The minimum Gasteiger partial charge on any atom is -0.463 e. The second-order valence-electron chi connectivity index (χ2n) is 15.0. The molecule has 0 saturated heterocycles. The van der Waals surface area contributed by atoms with Crippen LogP contribution in [0, 0.1) is 0 Å². The lowest BCUT2D eigenvalue weighted by Gasteiger charge is -2.46. The molecule has 12 nitrogen and oxygen atoms in total. The van der Waals surface area contributed by atoms with Crippen molar-refractivity contribution in [3.05, 3.63) is 48.6 Å². The minimum absolute atomic E-state index is 0.255. The molecule has 0 aliphatic carbocycles. The molecule has 0 fully saturated rings. The van der Waals surface area contributed by atoms with Crippen LogP contribution in [0.1, 0.15) is 53.4 Å². The van der Waals surface area contributed by atoms with Crippen LogP contribution in [-0.2, 0) is 54.6 Å². The minimum atomic E-state index is -3.94. The summed E-state index contributed by atoms with van der Waals surface area (Å²) in [6, 6.07) is 2.65. The van der Waals surface area contributed by atoms with Crippen LogP contribution in [0.5, 0.6) is 0 Å². The van der Waals surface area contributed by atoms with Gasteiger partial charge in [0.25, 0.3) is 0 Å². The normalized spacial score (nSPS) is 14.3. The molecule has 0 spiro atoms. The first-order valence-electron chi connectivity index (χ1n) is 18.6. The largest absolute Gasteiger partial charge is 0.636 e. The molecule has 0 aliphatic heterocycles. The van der Waals surface area contributed by atoms with E-state index in [1.165, 1.54) is 24.3 Å². The monoisotopic (exact) mass is 832 g/mol. The predicted octanol–water partition coefficient (Wildman–Crippen LogP) is 8.35. The van der Waals surface area contributed by atoms with E-state index in [1.807, 2.05) is 0 Å². The van der Waals surface area contributed by atoms with E-state index in [1.54, 1.807) is 52.0 Å². The van der Waals surface area contributed by atoms with Gasteiger partial charge in [-0.25, -0.2) is 19.2 Å². The van der Waals surface area contributed by atoms with Gasteiger partial charge in [0.15, 0.2) is 33.3 Å². The third kappa shape index (κ3) is 26.3. The average Bonchev–Trinajstić information content (AvgIpc) is 3.01. The van der Waals surface area contributed by atoms with Gasteiger partial charge < -0.3 is 35.4 Å². The standard InChI is InChI=1S/C36H68O12Si5/c1-13-21-33(37)41-25-17-29-49(5,6)45-53(46-50(7,8)30-18-26-42-34(38)22-14-2,47-51(9,10)31-19-27-43-35(39)23-15-3)48-52(11,12)32-20-28-44-36(40)24-16-4/h13-16,21-24H,17-20,25-32H2,1-12H3. The van der Waals surface area contributed by atoms with Crippen LogP contribution in [0.2, 0.25) is 76.6 Å². The first kappa shape index (κ1) is 50.8. The highest BCUT2D eigenvalue weighted by Gasteiger charge is 2.58. The smallest absolute Gasteiger partial charge is 0.463 e. The number of esters is 4. The van der Waals surface area contributed by atoms with Gasteiger partial charge in [-0.3, -0.25) is 0 Å². The Balaban J connectivity index is 6.58. The Labute approximate surface area is 324 Å². The summed E-state index contributed by atoms with van der Waals surface area (Å²) in [5.41, 5.74) is 0. The highest BCUT2D eigenvalue weighted by Crippen LogP contribution is 2.35. The number of rotatable bonds is 28. The topological polar surface area (TPSA) is 142 Å². The summed E-state index contributed by atoms with van der Waals surface area (Å²) in [5.74, 6) is -1.54. The van der Waals surface area contributed by atoms with Gasteiger partial charge in [0.1, 0.15) is 0 Å². The van der Waals surface area contributed by atoms with Gasteiger partial charge in [-0.15, -0.1) is 0 Å². The maximum Gasteiger partial charge on any atom is 0.636 e. The summed E-state index contributed by atoms with van der Waals surface area (Å²) >= 11 is 0. The molecule has 0 radical (unpaired) electrons. The lowest BCUT2D eigenvalue weighted by Crippen LogP contribution is -2.66. The van der Waals surface area contributed by atoms with Crippen molar-refractivity contribution in [3.63, 3.8) is 0 Å². The van der Waals surface area contributed by atoms with Crippen LogP contribution in [0.15, 0.2) is 48.6 Å². The first-order chi connectivity index (χ1) is 24.6. The van der Waals surface area contributed by atoms with Crippen LogP contribution in [0.25, 0.3) is 0 Å². The molecule has 17 heteroatoms. The SMILES string of the molecule is CC=CC(=O)OCCC[Si](C)(C)O[Si](O[Si](C)(C)CCCOC(=O)C=CC)(O[Si](C)(C)CCCOC(=O)C=CC)O[Si](C)(C)CCCOC(=O)C=CC. The fraction of sp³-hybridized carbons (Fsp3) is 0.667. The molecule has 0 aromatic rings. The quantitative estimate of drug-likeness (QED) is 0.0246. The van der Waals surface area contributed by atoms with E-state index in [-0.39, 0.29) is 50.3 Å². The summed E-state index contributed by atoms with van der Waals surface area (Å²) in [7, 11) is -14.4. The molecule has 0 rings (SSSR count). The lowest BCUT2D eigenvalue weighted by molar-refractivity contribution is -0.138. The summed E-state index contributed by atoms with van der Waals surface area (Å²) in [6.45, 7) is 24.8. The highest BCUT2D eigenvalue weighted by atomic mass is 28.5. The molecule has 0 aromatic carbocycles. The second kappa shape index (κ2) is 25.8. The fourth-order valence-electron chi connectivity index (χ4n) is 5.10. The van der Waals surface area contributed by atoms with E-state index >= 15 is 0 Å². The lowest BCUT2D eigenvalue weighted by atomic mass is 10.5. The molecule has 0 N–H and O–H groups in total. The van der Waals surface area contributed by atoms with Crippen LogP contribution < -0.4 is 0 Å². The summed E-state index contributed by atoms with van der Waals surface area (Å²) in [6.07, 6.45) is 14.5. The second-order valence-corrected chi connectivity index (χ2v) is 35.4. The molecular weight excluding hydrogens is 765 g/mol. The zero-order chi connectivity index (χ0) is 40.6. The van der Waals surface area contributed by atoms with Crippen molar-refractivity contribution in [3.8, 4) is 0 Å². The molecule has 0 aliphatic rings. The van der Waals surface area contributed by atoms with E-state index < -0.39 is 42.3 Å². The zero-order valence-electron chi connectivity index (χ0n) is 34.5. The third-order valence-corrected chi connectivity index (χ3v) is 26.6. The Hall–Kier alpha value is -2.24. The van der Waals surface area contributed by atoms with Gasteiger partial charge in [0.05, 0.1) is 26.4 Å². The van der Waals surface area contributed by atoms with Crippen LogP contribution in [0.4, 0.5) is 0 Å². The fourth-order valence-corrected chi connectivity index (χ4v) is 24.8. The number of allylic oxidation sites excluding steroid dienone is 4.